The third kappa shape index (κ3) is 4.80. The number of carbonyl (C=O) groups is 1. The summed E-state index contributed by atoms with van der Waals surface area (Å²) in [6, 6.07) is 11.4. The Morgan fingerprint density at radius 2 is 1.79 bits per heavy atom. The number of fused-ring (bicyclic) bond motifs is 1. The zero-order valence-electron chi connectivity index (χ0n) is 17.9. The van der Waals surface area contributed by atoms with Crippen LogP contribution in [-0.4, -0.2) is 16.6 Å². The Kier molecular flexibility index (Phi) is 6.82. The van der Waals surface area contributed by atoms with Crippen LogP contribution in [0.3, 0.4) is 0 Å². The van der Waals surface area contributed by atoms with E-state index in [0.717, 1.165) is 5.56 Å². The summed E-state index contributed by atoms with van der Waals surface area (Å²) in [5, 5.41) is 1.49. The van der Waals surface area contributed by atoms with E-state index in [1.54, 1.807) is 69.3 Å². The van der Waals surface area contributed by atoms with Gasteiger partial charge in [0.2, 0.25) is 0 Å². The Morgan fingerprint density at radius 3 is 2.42 bits per heavy atom. The molecule has 1 atom stereocenters. The fraction of sp³-hybridized carbons (Fsp3) is 0.208. The normalized spacial score (nSPS) is 16.1. The fourth-order valence-electron chi connectivity index (χ4n) is 3.58. The van der Waals surface area contributed by atoms with Crippen molar-refractivity contribution in [3.05, 3.63) is 99.6 Å². The monoisotopic (exact) mass is 520 g/mol. The molecule has 4 rings (SSSR count). The number of allylic oxidation sites excluding steroid dienone is 1. The molecule has 1 unspecified atom stereocenters. The molecule has 0 saturated heterocycles. The van der Waals surface area contributed by atoms with Crippen molar-refractivity contribution in [2.75, 3.05) is 0 Å². The summed E-state index contributed by atoms with van der Waals surface area (Å²) >= 11 is 19.6. The van der Waals surface area contributed by atoms with Gasteiger partial charge < -0.3 is 4.74 Å². The molecule has 2 heterocycles. The molecule has 33 heavy (non-hydrogen) atoms. The molecule has 0 N–H and O–H groups in total. The number of carbonyl (C=O) groups excluding carboxylic acids is 1. The first-order chi connectivity index (χ1) is 15.7. The van der Waals surface area contributed by atoms with Gasteiger partial charge in [0.15, 0.2) is 4.80 Å². The second kappa shape index (κ2) is 9.47. The van der Waals surface area contributed by atoms with E-state index in [9.17, 15) is 9.59 Å². The molecule has 0 radical (unpaired) electrons. The summed E-state index contributed by atoms with van der Waals surface area (Å²) in [5.74, 6) is -0.513. The number of esters is 1. The Labute approximate surface area is 209 Å². The molecule has 5 nitrogen and oxygen atoms in total. The average Bonchev–Trinajstić information content (AvgIpc) is 3.04. The maximum absolute atomic E-state index is 13.6. The fourth-order valence-corrected chi connectivity index (χ4v) is 5.21. The van der Waals surface area contributed by atoms with Gasteiger partial charge in [-0.05, 0) is 62.2 Å². The Bertz CT molecular complexity index is 1450. The summed E-state index contributed by atoms with van der Waals surface area (Å²) < 4.78 is 7.44. The first-order valence-electron chi connectivity index (χ1n) is 10.1. The van der Waals surface area contributed by atoms with Gasteiger partial charge in [-0.3, -0.25) is 9.36 Å². The van der Waals surface area contributed by atoms with E-state index in [2.05, 4.69) is 4.99 Å². The third-order valence-corrected chi connectivity index (χ3v) is 6.82. The Hall–Kier alpha value is -2.38. The molecule has 2 aromatic carbocycles. The van der Waals surface area contributed by atoms with Gasteiger partial charge in [-0.15, -0.1) is 0 Å². The number of halogens is 3. The van der Waals surface area contributed by atoms with Crippen molar-refractivity contribution >= 4 is 58.2 Å². The summed E-state index contributed by atoms with van der Waals surface area (Å²) in [5.41, 5.74) is 1.91. The smallest absolute Gasteiger partial charge is 0.338 e. The highest BCUT2D eigenvalue weighted by atomic mass is 35.5. The topological polar surface area (TPSA) is 60.7 Å². The number of benzene rings is 2. The van der Waals surface area contributed by atoms with Crippen LogP contribution in [0, 0.1) is 0 Å². The molecular weight excluding hydrogens is 503 g/mol. The molecule has 1 aliphatic rings. The summed E-state index contributed by atoms with van der Waals surface area (Å²) in [4.78, 5) is 31.7. The van der Waals surface area contributed by atoms with E-state index in [0.29, 0.717) is 41.2 Å². The van der Waals surface area contributed by atoms with Crippen LogP contribution in [-0.2, 0) is 9.53 Å². The van der Waals surface area contributed by atoms with Gasteiger partial charge >= 0.3 is 5.97 Å². The van der Waals surface area contributed by atoms with Gasteiger partial charge in [-0.25, -0.2) is 9.79 Å². The lowest BCUT2D eigenvalue weighted by atomic mass is 9.96. The summed E-state index contributed by atoms with van der Waals surface area (Å²) in [7, 11) is 0. The van der Waals surface area contributed by atoms with Crippen molar-refractivity contribution in [3.8, 4) is 0 Å². The maximum Gasteiger partial charge on any atom is 0.338 e. The quantitative estimate of drug-likeness (QED) is 0.446. The highest BCUT2D eigenvalue weighted by molar-refractivity contribution is 7.07. The number of aromatic nitrogens is 1. The van der Waals surface area contributed by atoms with E-state index in [4.69, 9.17) is 39.5 Å². The Balaban J connectivity index is 1.95. The molecule has 0 fully saturated rings. The molecule has 0 spiro atoms. The van der Waals surface area contributed by atoms with Crippen molar-refractivity contribution in [2.24, 2.45) is 4.99 Å². The second-order valence-electron chi connectivity index (χ2n) is 7.75. The van der Waals surface area contributed by atoms with Crippen LogP contribution in [0.15, 0.2) is 63.5 Å². The van der Waals surface area contributed by atoms with Gasteiger partial charge in [0.05, 0.1) is 27.9 Å². The van der Waals surface area contributed by atoms with E-state index >= 15 is 0 Å². The minimum absolute atomic E-state index is 0.285. The summed E-state index contributed by atoms with van der Waals surface area (Å²) in [6.07, 6.45) is 1.38. The molecule has 0 aliphatic carbocycles. The van der Waals surface area contributed by atoms with Gasteiger partial charge in [-0.2, -0.15) is 0 Å². The molecule has 170 valence electrons. The van der Waals surface area contributed by atoms with Gasteiger partial charge in [0.25, 0.3) is 5.56 Å². The standard InChI is InChI=1S/C24H19Cl3N2O3S/c1-12(2)32-23(31)20-13(3)28-24-29(21(20)14-4-7-16(25)8-5-14)22(30)19(33-24)10-15-6-9-17(26)11-18(15)27/h4-12,21H,1-3H3. The van der Waals surface area contributed by atoms with Crippen molar-refractivity contribution in [1.29, 1.82) is 0 Å². The van der Waals surface area contributed by atoms with Gasteiger partial charge in [-0.1, -0.05) is 64.3 Å². The highest BCUT2D eigenvalue weighted by Crippen LogP contribution is 2.31. The van der Waals surface area contributed by atoms with Crippen molar-refractivity contribution in [3.63, 3.8) is 0 Å². The number of nitrogens with zero attached hydrogens (tertiary/aromatic N) is 2. The molecule has 0 saturated carbocycles. The Morgan fingerprint density at radius 1 is 1.12 bits per heavy atom. The molecule has 1 aromatic heterocycles. The van der Waals surface area contributed by atoms with E-state index < -0.39 is 12.0 Å². The molecule has 3 aromatic rings. The zero-order chi connectivity index (χ0) is 23.9. The van der Waals surface area contributed by atoms with Crippen LogP contribution >= 0.6 is 46.1 Å². The number of rotatable bonds is 4. The molecule has 0 amide bonds. The van der Waals surface area contributed by atoms with E-state index in [-0.39, 0.29) is 11.7 Å². The summed E-state index contributed by atoms with van der Waals surface area (Å²) in [6.45, 7) is 5.29. The highest BCUT2D eigenvalue weighted by Gasteiger charge is 2.33. The number of thiazole rings is 1. The number of hydrogen-bond acceptors (Lipinski definition) is 5. The van der Waals surface area contributed by atoms with Crippen molar-refractivity contribution in [2.45, 2.75) is 32.9 Å². The van der Waals surface area contributed by atoms with E-state index in [1.165, 1.54) is 15.9 Å². The van der Waals surface area contributed by atoms with Crippen molar-refractivity contribution < 1.29 is 9.53 Å². The minimum atomic E-state index is -0.701. The number of ether oxygens (including phenoxy) is 1. The lowest BCUT2D eigenvalue weighted by Crippen LogP contribution is -2.40. The van der Waals surface area contributed by atoms with Crippen LogP contribution in [0.5, 0.6) is 0 Å². The van der Waals surface area contributed by atoms with Crippen LogP contribution in [0.25, 0.3) is 6.08 Å². The number of hydrogen-bond donors (Lipinski definition) is 0. The first kappa shape index (κ1) is 23.8. The van der Waals surface area contributed by atoms with Crippen LogP contribution in [0.1, 0.15) is 37.9 Å². The molecule has 0 bridgehead atoms. The van der Waals surface area contributed by atoms with E-state index in [1.807, 2.05) is 0 Å². The lowest BCUT2D eigenvalue weighted by Gasteiger charge is -2.25. The second-order valence-corrected chi connectivity index (χ2v) is 10.0. The third-order valence-electron chi connectivity index (χ3n) is 5.02. The first-order valence-corrected chi connectivity index (χ1v) is 12.0. The largest absolute Gasteiger partial charge is 0.459 e. The van der Waals surface area contributed by atoms with Crippen LogP contribution in [0.4, 0.5) is 0 Å². The zero-order valence-corrected chi connectivity index (χ0v) is 21.0. The predicted molar refractivity (Wildman–Crippen MR) is 133 cm³/mol. The average molecular weight is 522 g/mol. The van der Waals surface area contributed by atoms with Crippen LogP contribution in [0.2, 0.25) is 15.1 Å². The molecule has 1 aliphatic heterocycles. The maximum atomic E-state index is 13.6. The minimum Gasteiger partial charge on any atom is -0.459 e. The van der Waals surface area contributed by atoms with Gasteiger partial charge in [0.1, 0.15) is 0 Å². The SMILES string of the molecule is CC1=C(C(=O)OC(C)C)C(c2ccc(Cl)cc2)n2c(sc(=Cc3ccc(Cl)cc3Cl)c2=O)=N1. The van der Waals surface area contributed by atoms with Crippen LogP contribution < -0.4 is 14.9 Å². The lowest BCUT2D eigenvalue weighted by molar-refractivity contribution is -0.143. The molecule has 9 heteroatoms. The predicted octanol–water partition coefficient (Wildman–Crippen LogP) is 5.15. The molecular formula is C24H19Cl3N2O3S. The van der Waals surface area contributed by atoms with Gasteiger partial charge in [0, 0.05) is 15.1 Å². The van der Waals surface area contributed by atoms with Crippen molar-refractivity contribution in [1.82, 2.24) is 4.57 Å².